The fourth-order valence-electron chi connectivity index (χ4n) is 2.22. The van der Waals surface area contributed by atoms with E-state index in [4.69, 9.17) is 4.74 Å². The van der Waals surface area contributed by atoms with Crippen molar-refractivity contribution in [2.75, 3.05) is 17.7 Å². The molecule has 1 amide bonds. The lowest BCUT2D eigenvalue weighted by Gasteiger charge is -2.09. The molecular formula is C17H16BrN5O2. The van der Waals surface area contributed by atoms with E-state index in [0.29, 0.717) is 17.3 Å². The minimum atomic E-state index is -0.372. The lowest BCUT2D eigenvalue weighted by atomic mass is 10.2. The predicted molar refractivity (Wildman–Crippen MR) is 99.5 cm³/mol. The number of aromatic amines is 1. The van der Waals surface area contributed by atoms with E-state index in [0.717, 1.165) is 15.7 Å². The highest BCUT2D eigenvalue weighted by atomic mass is 79.9. The minimum absolute atomic E-state index is 0.162. The Balaban J connectivity index is 1.79. The Labute approximate surface area is 152 Å². The standard InChI is InChI=1S/C17H16BrN5O2/c1-10-6-7-14(13(18)8-10)20-17(24)15-16(22-23-21-15)19-11-4-3-5-12(9-11)25-2/h3-9H,1-2H3,(H,20,24)(H2,19,21,22,23). The molecule has 0 aliphatic heterocycles. The molecule has 1 aromatic heterocycles. The Morgan fingerprint density at radius 2 is 2.04 bits per heavy atom. The predicted octanol–water partition coefficient (Wildman–Crippen LogP) is 3.88. The van der Waals surface area contributed by atoms with Crippen molar-refractivity contribution in [3.8, 4) is 5.75 Å². The lowest BCUT2D eigenvalue weighted by Crippen LogP contribution is -2.14. The highest BCUT2D eigenvalue weighted by Crippen LogP contribution is 2.25. The number of anilines is 3. The number of amides is 1. The van der Waals surface area contributed by atoms with Crippen molar-refractivity contribution in [1.29, 1.82) is 0 Å². The maximum absolute atomic E-state index is 12.5. The molecule has 0 saturated carbocycles. The van der Waals surface area contributed by atoms with Crippen molar-refractivity contribution in [3.05, 3.63) is 58.2 Å². The van der Waals surface area contributed by atoms with Crippen molar-refractivity contribution in [2.24, 2.45) is 0 Å². The number of rotatable bonds is 5. The molecule has 0 radical (unpaired) electrons. The normalized spacial score (nSPS) is 10.4. The number of H-pyrrole nitrogens is 1. The molecule has 1 heterocycles. The van der Waals surface area contributed by atoms with Gasteiger partial charge in [-0.1, -0.05) is 12.1 Å². The molecule has 2 aromatic carbocycles. The van der Waals surface area contributed by atoms with Crippen LogP contribution in [0.1, 0.15) is 16.1 Å². The summed E-state index contributed by atoms with van der Waals surface area (Å²) in [5.74, 6) is 0.653. The van der Waals surface area contributed by atoms with Crippen LogP contribution in [0.5, 0.6) is 5.75 Å². The number of aromatic nitrogens is 3. The number of carbonyl (C=O) groups is 1. The highest BCUT2D eigenvalue weighted by molar-refractivity contribution is 9.10. The summed E-state index contributed by atoms with van der Waals surface area (Å²) < 4.78 is 5.98. The smallest absolute Gasteiger partial charge is 0.280 e. The fourth-order valence-corrected chi connectivity index (χ4v) is 2.81. The van der Waals surface area contributed by atoms with E-state index in [2.05, 4.69) is 42.0 Å². The van der Waals surface area contributed by atoms with Crippen molar-refractivity contribution in [1.82, 2.24) is 15.4 Å². The SMILES string of the molecule is COc1cccc(Nc2n[nH]nc2C(=O)Nc2ccc(C)cc2Br)c1. The van der Waals surface area contributed by atoms with E-state index in [9.17, 15) is 4.79 Å². The van der Waals surface area contributed by atoms with E-state index < -0.39 is 0 Å². The van der Waals surface area contributed by atoms with Gasteiger partial charge in [0.2, 0.25) is 0 Å². The first-order valence-corrected chi connectivity index (χ1v) is 8.25. The number of benzene rings is 2. The Morgan fingerprint density at radius 3 is 2.80 bits per heavy atom. The van der Waals surface area contributed by atoms with Crippen LogP contribution in [0, 0.1) is 6.92 Å². The van der Waals surface area contributed by atoms with Gasteiger partial charge in [0.05, 0.1) is 12.8 Å². The van der Waals surface area contributed by atoms with Crippen LogP contribution in [0.2, 0.25) is 0 Å². The summed E-state index contributed by atoms with van der Waals surface area (Å²) in [6.45, 7) is 1.98. The molecule has 0 bridgehead atoms. The number of methoxy groups -OCH3 is 1. The third-order valence-corrected chi connectivity index (χ3v) is 4.12. The Kier molecular flexibility index (Phi) is 4.99. The molecule has 0 atom stereocenters. The molecule has 7 nitrogen and oxygen atoms in total. The molecule has 0 aliphatic carbocycles. The third-order valence-electron chi connectivity index (χ3n) is 3.47. The van der Waals surface area contributed by atoms with Gasteiger partial charge in [0.15, 0.2) is 11.5 Å². The molecule has 0 aliphatic rings. The quantitative estimate of drug-likeness (QED) is 0.603. The molecule has 0 saturated heterocycles. The number of hydrogen-bond donors (Lipinski definition) is 3. The van der Waals surface area contributed by atoms with Crippen LogP contribution in [0.25, 0.3) is 0 Å². The maximum atomic E-state index is 12.5. The van der Waals surface area contributed by atoms with E-state index in [1.165, 1.54) is 0 Å². The number of halogens is 1. The van der Waals surface area contributed by atoms with Crippen LogP contribution >= 0.6 is 15.9 Å². The van der Waals surface area contributed by atoms with Crippen LogP contribution < -0.4 is 15.4 Å². The summed E-state index contributed by atoms with van der Waals surface area (Å²) in [5.41, 5.74) is 2.65. The monoisotopic (exact) mass is 401 g/mol. The summed E-state index contributed by atoms with van der Waals surface area (Å²) in [4.78, 5) is 12.5. The molecule has 0 unspecified atom stereocenters. The summed E-state index contributed by atoms with van der Waals surface area (Å²) in [5, 5.41) is 16.3. The second kappa shape index (κ2) is 7.35. The first kappa shape index (κ1) is 17.0. The molecule has 25 heavy (non-hydrogen) atoms. The van der Waals surface area contributed by atoms with Crippen LogP contribution in [0.15, 0.2) is 46.9 Å². The third kappa shape index (κ3) is 3.97. The van der Waals surface area contributed by atoms with Gasteiger partial charge >= 0.3 is 0 Å². The van der Waals surface area contributed by atoms with E-state index in [1.54, 1.807) is 13.2 Å². The first-order valence-electron chi connectivity index (χ1n) is 7.46. The van der Waals surface area contributed by atoms with Gasteiger partial charge in [-0.25, -0.2) is 0 Å². The molecular weight excluding hydrogens is 386 g/mol. The minimum Gasteiger partial charge on any atom is -0.497 e. The molecule has 0 spiro atoms. The summed E-state index contributed by atoms with van der Waals surface area (Å²) in [6, 6.07) is 13.0. The molecule has 128 valence electrons. The number of ether oxygens (including phenoxy) is 1. The van der Waals surface area contributed by atoms with Crippen LogP contribution in [-0.2, 0) is 0 Å². The number of nitrogens with zero attached hydrogens (tertiary/aromatic N) is 2. The topological polar surface area (TPSA) is 91.9 Å². The second-order valence-electron chi connectivity index (χ2n) is 5.32. The first-order chi connectivity index (χ1) is 12.1. The molecule has 3 rings (SSSR count). The van der Waals surface area contributed by atoms with Crippen molar-refractivity contribution in [3.63, 3.8) is 0 Å². The van der Waals surface area contributed by atoms with Crippen molar-refractivity contribution >= 4 is 39.0 Å². The van der Waals surface area contributed by atoms with Crippen molar-refractivity contribution < 1.29 is 9.53 Å². The van der Waals surface area contributed by atoms with E-state index in [1.807, 2.05) is 43.3 Å². The van der Waals surface area contributed by atoms with E-state index >= 15 is 0 Å². The number of carbonyl (C=O) groups excluding carboxylic acids is 1. The van der Waals surface area contributed by atoms with Gasteiger partial charge in [-0.05, 0) is 52.7 Å². The van der Waals surface area contributed by atoms with Gasteiger partial charge < -0.3 is 15.4 Å². The Hall–Kier alpha value is -2.87. The molecule has 0 fully saturated rings. The molecule has 8 heteroatoms. The average molecular weight is 402 g/mol. The number of nitrogens with one attached hydrogen (secondary N) is 3. The average Bonchev–Trinajstić information content (AvgIpc) is 3.05. The maximum Gasteiger partial charge on any atom is 0.280 e. The van der Waals surface area contributed by atoms with Gasteiger partial charge in [0, 0.05) is 16.2 Å². The molecule has 3 aromatic rings. The van der Waals surface area contributed by atoms with Crippen LogP contribution in [0.4, 0.5) is 17.2 Å². The summed E-state index contributed by atoms with van der Waals surface area (Å²) in [7, 11) is 1.59. The number of hydrogen-bond acceptors (Lipinski definition) is 5. The second-order valence-corrected chi connectivity index (χ2v) is 6.17. The Morgan fingerprint density at radius 1 is 1.20 bits per heavy atom. The summed E-state index contributed by atoms with van der Waals surface area (Å²) in [6.07, 6.45) is 0. The lowest BCUT2D eigenvalue weighted by molar-refractivity contribution is 0.102. The van der Waals surface area contributed by atoms with Gasteiger partial charge in [-0.15, -0.1) is 10.2 Å². The van der Waals surface area contributed by atoms with Gasteiger partial charge in [-0.2, -0.15) is 5.21 Å². The van der Waals surface area contributed by atoms with Gasteiger partial charge in [-0.3, -0.25) is 4.79 Å². The zero-order chi connectivity index (χ0) is 17.8. The highest BCUT2D eigenvalue weighted by Gasteiger charge is 2.18. The largest absolute Gasteiger partial charge is 0.497 e. The zero-order valence-electron chi connectivity index (χ0n) is 13.6. The molecule has 3 N–H and O–H groups in total. The number of aryl methyl sites for hydroxylation is 1. The summed E-state index contributed by atoms with van der Waals surface area (Å²) >= 11 is 3.44. The van der Waals surface area contributed by atoms with Crippen LogP contribution in [-0.4, -0.2) is 28.4 Å². The Bertz CT molecular complexity index is 910. The van der Waals surface area contributed by atoms with Gasteiger partial charge in [0.1, 0.15) is 5.75 Å². The fraction of sp³-hybridized carbons (Fsp3) is 0.118. The van der Waals surface area contributed by atoms with Crippen molar-refractivity contribution in [2.45, 2.75) is 6.92 Å². The van der Waals surface area contributed by atoms with Crippen LogP contribution in [0.3, 0.4) is 0 Å². The van der Waals surface area contributed by atoms with Gasteiger partial charge in [0.25, 0.3) is 5.91 Å². The van der Waals surface area contributed by atoms with E-state index in [-0.39, 0.29) is 11.6 Å². The zero-order valence-corrected chi connectivity index (χ0v) is 15.2.